The summed E-state index contributed by atoms with van der Waals surface area (Å²) in [6.45, 7) is 4.74. The van der Waals surface area contributed by atoms with Crippen LogP contribution in [0.4, 0.5) is 0 Å². The third-order valence-corrected chi connectivity index (χ3v) is 10.6. The Morgan fingerprint density at radius 1 is 0.396 bits per heavy atom. The fourth-order valence-electron chi connectivity index (χ4n) is 8.59. The van der Waals surface area contributed by atoms with Gasteiger partial charge in [-0.25, -0.2) is 0 Å². The second-order valence-electron chi connectivity index (χ2n) is 13.6. The van der Waals surface area contributed by atoms with Gasteiger partial charge >= 0.3 is 0 Å². The fourth-order valence-corrected chi connectivity index (χ4v) is 8.59. The van der Waals surface area contributed by atoms with E-state index >= 15 is 0 Å². The van der Waals surface area contributed by atoms with Gasteiger partial charge in [-0.1, -0.05) is 159 Å². The maximum Gasteiger partial charge on any atom is 0.136 e. The average molecular weight is 613 g/mol. The van der Waals surface area contributed by atoms with Crippen LogP contribution in [0.15, 0.2) is 162 Å². The van der Waals surface area contributed by atoms with E-state index < -0.39 is 0 Å². The molecule has 226 valence electrons. The molecule has 0 atom stereocenters. The second kappa shape index (κ2) is 10.0. The molecule has 0 saturated heterocycles. The number of furan rings is 1. The molecule has 48 heavy (non-hydrogen) atoms. The van der Waals surface area contributed by atoms with Gasteiger partial charge in [0.2, 0.25) is 0 Å². The molecule has 1 heteroatoms. The maximum absolute atomic E-state index is 6.56. The molecule has 0 unspecified atom stereocenters. The quantitative estimate of drug-likeness (QED) is 0.181. The molecule has 0 fully saturated rings. The van der Waals surface area contributed by atoms with Crippen molar-refractivity contribution in [3.63, 3.8) is 0 Å². The van der Waals surface area contributed by atoms with Crippen molar-refractivity contribution in [3.05, 3.63) is 169 Å². The molecular formula is C47H32O. The van der Waals surface area contributed by atoms with Crippen molar-refractivity contribution in [2.24, 2.45) is 0 Å². The van der Waals surface area contributed by atoms with Crippen LogP contribution >= 0.6 is 0 Å². The first-order valence-electron chi connectivity index (χ1n) is 16.8. The third-order valence-electron chi connectivity index (χ3n) is 10.6. The maximum atomic E-state index is 6.56. The van der Waals surface area contributed by atoms with E-state index in [4.69, 9.17) is 4.42 Å². The van der Waals surface area contributed by atoms with Crippen LogP contribution in [0, 0.1) is 0 Å². The minimum Gasteiger partial charge on any atom is -0.456 e. The van der Waals surface area contributed by atoms with Crippen molar-refractivity contribution in [3.8, 4) is 44.5 Å². The van der Waals surface area contributed by atoms with E-state index in [1.807, 2.05) is 0 Å². The van der Waals surface area contributed by atoms with Crippen molar-refractivity contribution in [1.82, 2.24) is 0 Å². The van der Waals surface area contributed by atoms with Crippen molar-refractivity contribution in [2.75, 3.05) is 0 Å². The minimum atomic E-state index is -0.161. The Morgan fingerprint density at radius 3 is 1.54 bits per heavy atom. The summed E-state index contributed by atoms with van der Waals surface area (Å²) < 4.78 is 6.56. The molecule has 0 saturated carbocycles. The number of rotatable bonds is 3. The first kappa shape index (κ1) is 27.2. The number of fused-ring (bicyclic) bond motifs is 9. The second-order valence-corrected chi connectivity index (χ2v) is 13.6. The van der Waals surface area contributed by atoms with E-state index in [1.54, 1.807) is 0 Å². The lowest BCUT2D eigenvalue weighted by molar-refractivity contribution is 0.658. The standard InChI is InChI=1S/C47H32O/c1-47(2)39-22-12-10-20-36(39)45-44-37-21-11-13-23-40(37)48-41(44)28-38(46(45)47)29-24-26-31(27-25-29)43-34-18-8-6-16-32(34)42(30-14-4-3-5-15-30)33-17-7-9-19-35(33)43/h3-28H,1-2H3. The van der Waals surface area contributed by atoms with Crippen LogP contribution in [0.25, 0.3) is 88.0 Å². The van der Waals surface area contributed by atoms with Gasteiger partial charge < -0.3 is 4.42 Å². The number of hydrogen-bond acceptors (Lipinski definition) is 1. The van der Waals surface area contributed by atoms with Crippen molar-refractivity contribution >= 4 is 43.5 Å². The Bertz CT molecular complexity index is 2670. The molecule has 0 bridgehead atoms. The first-order valence-corrected chi connectivity index (χ1v) is 16.8. The molecule has 8 aromatic carbocycles. The van der Waals surface area contributed by atoms with Crippen LogP contribution < -0.4 is 0 Å². The normalized spacial score (nSPS) is 13.4. The summed E-state index contributed by atoms with van der Waals surface area (Å²) in [5.74, 6) is 0. The van der Waals surface area contributed by atoms with Gasteiger partial charge in [0, 0.05) is 16.2 Å². The summed E-state index contributed by atoms with van der Waals surface area (Å²) in [6, 6.07) is 57.4. The van der Waals surface area contributed by atoms with Crippen LogP contribution in [0.5, 0.6) is 0 Å². The average Bonchev–Trinajstić information content (AvgIpc) is 3.62. The zero-order valence-electron chi connectivity index (χ0n) is 26.9. The summed E-state index contributed by atoms with van der Waals surface area (Å²) in [6.07, 6.45) is 0. The molecule has 1 aliphatic rings. The monoisotopic (exact) mass is 612 g/mol. The van der Waals surface area contributed by atoms with E-state index in [0.29, 0.717) is 0 Å². The SMILES string of the molecule is CC1(C)c2ccccc2-c2c1c(-c1ccc(-c3c4ccccc4c(-c4ccccc4)c4ccccc34)cc1)cc1oc3ccccc3c21. The molecule has 1 nitrogen and oxygen atoms in total. The van der Waals surface area contributed by atoms with Crippen LogP contribution in [0.2, 0.25) is 0 Å². The van der Waals surface area contributed by atoms with E-state index in [1.165, 1.54) is 88.0 Å². The van der Waals surface area contributed by atoms with Crippen molar-refractivity contribution in [1.29, 1.82) is 0 Å². The largest absolute Gasteiger partial charge is 0.456 e. The van der Waals surface area contributed by atoms with Crippen molar-refractivity contribution < 1.29 is 4.42 Å². The lowest BCUT2D eigenvalue weighted by Gasteiger charge is -2.25. The van der Waals surface area contributed by atoms with Gasteiger partial charge in [0.15, 0.2) is 0 Å². The molecule has 1 aliphatic carbocycles. The van der Waals surface area contributed by atoms with E-state index in [9.17, 15) is 0 Å². The van der Waals surface area contributed by atoms with Gasteiger partial charge in [0.1, 0.15) is 11.2 Å². The summed E-state index contributed by atoms with van der Waals surface area (Å²) in [5, 5.41) is 7.47. The fraction of sp³-hybridized carbons (Fsp3) is 0.0638. The Balaban J connectivity index is 1.22. The van der Waals surface area contributed by atoms with Gasteiger partial charge in [-0.15, -0.1) is 0 Å². The highest BCUT2D eigenvalue weighted by Crippen LogP contribution is 2.56. The molecule has 1 heterocycles. The lowest BCUT2D eigenvalue weighted by Crippen LogP contribution is -2.16. The number of benzene rings is 8. The predicted octanol–water partition coefficient (Wildman–Crippen LogP) is 13.2. The molecule has 1 aromatic heterocycles. The molecule has 0 amide bonds. The van der Waals surface area contributed by atoms with Crippen LogP contribution in [-0.4, -0.2) is 0 Å². The highest BCUT2D eigenvalue weighted by atomic mass is 16.3. The van der Waals surface area contributed by atoms with E-state index in [-0.39, 0.29) is 5.41 Å². The van der Waals surface area contributed by atoms with E-state index in [2.05, 4.69) is 172 Å². The molecule has 0 spiro atoms. The van der Waals surface area contributed by atoms with Crippen molar-refractivity contribution in [2.45, 2.75) is 19.3 Å². The van der Waals surface area contributed by atoms with E-state index in [0.717, 1.165) is 11.2 Å². The van der Waals surface area contributed by atoms with Gasteiger partial charge in [-0.05, 0) is 89.3 Å². The smallest absolute Gasteiger partial charge is 0.136 e. The molecule has 0 radical (unpaired) electrons. The summed E-state index contributed by atoms with van der Waals surface area (Å²) >= 11 is 0. The molecule has 0 N–H and O–H groups in total. The minimum absolute atomic E-state index is 0.161. The van der Waals surface area contributed by atoms with Crippen LogP contribution in [-0.2, 0) is 5.41 Å². The third kappa shape index (κ3) is 3.73. The Kier molecular flexibility index (Phi) is 5.69. The highest BCUT2D eigenvalue weighted by Gasteiger charge is 2.39. The molecule has 0 aliphatic heterocycles. The van der Waals surface area contributed by atoms with Gasteiger partial charge in [-0.2, -0.15) is 0 Å². The van der Waals surface area contributed by atoms with Gasteiger partial charge in [-0.3, -0.25) is 0 Å². The highest BCUT2D eigenvalue weighted by molar-refractivity contribution is 6.21. The van der Waals surface area contributed by atoms with Crippen LogP contribution in [0.1, 0.15) is 25.0 Å². The summed E-state index contributed by atoms with van der Waals surface area (Å²) in [7, 11) is 0. The Hall–Kier alpha value is -5.92. The lowest BCUT2D eigenvalue weighted by atomic mass is 9.78. The number of hydrogen-bond donors (Lipinski definition) is 0. The molecular weight excluding hydrogens is 581 g/mol. The topological polar surface area (TPSA) is 13.1 Å². The molecule has 10 rings (SSSR count). The number of para-hydroxylation sites is 1. The Morgan fingerprint density at radius 2 is 0.896 bits per heavy atom. The summed E-state index contributed by atoms with van der Waals surface area (Å²) in [5.41, 5.74) is 14.5. The van der Waals surface area contributed by atoms with Crippen LogP contribution in [0.3, 0.4) is 0 Å². The zero-order valence-corrected chi connectivity index (χ0v) is 26.9. The zero-order chi connectivity index (χ0) is 32.0. The van der Waals surface area contributed by atoms with Gasteiger partial charge in [0.25, 0.3) is 0 Å². The predicted molar refractivity (Wildman–Crippen MR) is 203 cm³/mol. The van der Waals surface area contributed by atoms with Gasteiger partial charge in [0.05, 0.1) is 0 Å². The molecule has 9 aromatic rings. The first-order chi connectivity index (χ1) is 23.6. The summed E-state index contributed by atoms with van der Waals surface area (Å²) in [4.78, 5) is 0. The Labute approximate surface area is 279 Å².